The van der Waals surface area contributed by atoms with Gasteiger partial charge >= 0.3 is 0 Å². The van der Waals surface area contributed by atoms with Crippen LogP contribution in [0.1, 0.15) is 41.0 Å². The van der Waals surface area contributed by atoms with Crippen molar-refractivity contribution in [1.82, 2.24) is 0 Å². The van der Waals surface area contributed by atoms with E-state index in [2.05, 4.69) is 40.4 Å². The van der Waals surface area contributed by atoms with Gasteiger partial charge < -0.3 is 23.7 Å². The number of hydrogen-bond donors (Lipinski definition) is 1. The first-order chi connectivity index (χ1) is 10.8. The lowest BCUT2D eigenvalue weighted by Gasteiger charge is -2.37. The van der Waals surface area contributed by atoms with E-state index in [1.54, 1.807) is 13.2 Å². The quantitative estimate of drug-likeness (QED) is 0.530. The average Bonchev–Trinajstić information content (AvgIpc) is 2.71. The summed E-state index contributed by atoms with van der Waals surface area (Å²) in [6, 6.07) is 0. The van der Waals surface area contributed by atoms with Crippen LogP contribution in [-0.2, 0) is 18.6 Å². The van der Waals surface area contributed by atoms with Gasteiger partial charge in [-0.25, -0.2) is 0 Å². The molecule has 0 aromatic heterocycles. The molecule has 1 rings (SSSR count). The molecule has 0 aromatic rings. The Balaban J connectivity index is 2.87. The highest BCUT2D eigenvalue weighted by Gasteiger charge is 2.48. The molecule has 0 spiro atoms. The molecule has 0 unspecified atom stereocenters. The molecular weight excluding hydrogens is 324 g/mol. The molecule has 1 fully saturated rings. The second-order valence-corrected chi connectivity index (χ2v) is 13.3. The zero-order valence-electron chi connectivity index (χ0n) is 16.6. The number of aliphatic hydroxyl groups excluding tert-OH is 1. The van der Waals surface area contributed by atoms with Crippen molar-refractivity contribution in [2.45, 2.75) is 89.4 Å². The molecule has 1 aliphatic rings. The first-order valence-electron chi connectivity index (χ1n) is 8.66. The largest absolute Gasteiger partial charge is 0.414 e. The summed E-state index contributed by atoms with van der Waals surface area (Å²) in [5, 5.41) is 10.5. The van der Waals surface area contributed by atoms with E-state index in [9.17, 15) is 5.11 Å². The highest BCUT2D eigenvalue weighted by atomic mass is 28.4. The van der Waals surface area contributed by atoms with Crippen molar-refractivity contribution in [2.75, 3.05) is 13.7 Å². The van der Waals surface area contributed by atoms with Crippen molar-refractivity contribution in [2.24, 2.45) is 0 Å². The minimum absolute atomic E-state index is 0.125. The topological polar surface area (TPSA) is 57.2 Å². The normalized spacial score (nSPS) is 27.0. The lowest BCUT2D eigenvalue weighted by Crippen LogP contribution is -2.48. The summed E-state index contributed by atoms with van der Waals surface area (Å²) in [5.41, 5.74) is 0. The first kappa shape index (κ1) is 21.8. The third kappa shape index (κ3) is 5.38. The van der Waals surface area contributed by atoms with Crippen molar-refractivity contribution in [3.63, 3.8) is 0 Å². The smallest absolute Gasteiger partial charge is 0.192 e. The Morgan fingerprint density at radius 2 is 1.88 bits per heavy atom. The second kappa shape index (κ2) is 7.97. The monoisotopic (exact) mass is 360 g/mol. The Morgan fingerprint density at radius 3 is 2.33 bits per heavy atom. The van der Waals surface area contributed by atoms with Crippen LogP contribution >= 0.6 is 0 Å². The Morgan fingerprint density at radius 1 is 1.29 bits per heavy atom. The Hall–Kier alpha value is -0.243. The van der Waals surface area contributed by atoms with Crippen molar-refractivity contribution < 1.29 is 23.7 Å². The highest BCUT2D eigenvalue weighted by Crippen LogP contribution is 2.38. The van der Waals surface area contributed by atoms with Gasteiger partial charge in [0.25, 0.3) is 0 Å². The van der Waals surface area contributed by atoms with Gasteiger partial charge in [0.05, 0.1) is 12.7 Å². The van der Waals surface area contributed by atoms with Crippen LogP contribution in [-0.4, -0.2) is 57.3 Å². The molecule has 142 valence electrons. The molecule has 24 heavy (non-hydrogen) atoms. The van der Waals surface area contributed by atoms with Crippen LogP contribution in [0, 0.1) is 0 Å². The maximum absolute atomic E-state index is 10.4. The summed E-state index contributed by atoms with van der Waals surface area (Å²) in [4.78, 5) is 0. The lowest BCUT2D eigenvalue weighted by atomic mass is 10.0. The molecule has 0 radical (unpaired) electrons. The molecule has 1 N–H and O–H groups in total. The van der Waals surface area contributed by atoms with Crippen molar-refractivity contribution in [3.05, 3.63) is 12.7 Å². The van der Waals surface area contributed by atoms with E-state index in [-0.39, 0.29) is 17.2 Å². The number of aliphatic hydroxyl groups is 1. The van der Waals surface area contributed by atoms with Crippen LogP contribution in [0.2, 0.25) is 18.1 Å². The molecule has 1 heterocycles. The van der Waals surface area contributed by atoms with Crippen LogP contribution in [0.5, 0.6) is 0 Å². The molecule has 4 atom stereocenters. The van der Waals surface area contributed by atoms with Crippen molar-refractivity contribution in [1.29, 1.82) is 0 Å². The minimum atomic E-state index is -1.89. The third-order valence-corrected chi connectivity index (χ3v) is 9.52. The van der Waals surface area contributed by atoms with E-state index in [0.29, 0.717) is 13.0 Å². The molecule has 5 nitrogen and oxygen atoms in total. The Labute approximate surface area is 148 Å². The molecule has 0 saturated carbocycles. The summed E-state index contributed by atoms with van der Waals surface area (Å²) < 4.78 is 23.9. The SMILES string of the molecule is C=CC[C@H](O)[C@H](OC)[C@H]1OC(C)(C)O[C@H]1CO[Si](C)(C)C(C)(C)C. The maximum Gasteiger partial charge on any atom is 0.192 e. The molecule has 0 aromatic carbocycles. The highest BCUT2D eigenvalue weighted by molar-refractivity contribution is 6.74. The van der Waals surface area contributed by atoms with E-state index < -0.39 is 26.3 Å². The number of rotatable bonds is 8. The zero-order valence-corrected chi connectivity index (χ0v) is 17.6. The van der Waals surface area contributed by atoms with Gasteiger partial charge in [0.15, 0.2) is 14.1 Å². The number of methoxy groups -OCH3 is 1. The summed E-state index contributed by atoms with van der Waals surface area (Å²) >= 11 is 0. The van der Waals surface area contributed by atoms with Gasteiger partial charge in [0, 0.05) is 7.11 Å². The average molecular weight is 361 g/mol. The van der Waals surface area contributed by atoms with E-state index in [0.717, 1.165) is 0 Å². The Kier molecular flexibility index (Phi) is 7.24. The molecule has 1 aliphatic heterocycles. The summed E-state index contributed by atoms with van der Waals surface area (Å²) in [6.07, 6.45) is 0.277. The maximum atomic E-state index is 10.4. The van der Waals surface area contributed by atoms with Crippen LogP contribution in [0.4, 0.5) is 0 Å². The van der Waals surface area contributed by atoms with Gasteiger partial charge in [-0.1, -0.05) is 26.8 Å². The summed E-state index contributed by atoms with van der Waals surface area (Å²) in [5.74, 6) is -0.725. The lowest BCUT2D eigenvalue weighted by molar-refractivity contribution is -0.166. The molecule has 1 saturated heterocycles. The first-order valence-corrected chi connectivity index (χ1v) is 11.6. The molecular formula is C18H36O5Si. The number of hydrogen-bond acceptors (Lipinski definition) is 5. The molecule has 0 amide bonds. The predicted octanol–water partition coefficient (Wildman–Crippen LogP) is 3.48. The van der Waals surface area contributed by atoms with Crippen molar-refractivity contribution >= 4 is 8.32 Å². The van der Waals surface area contributed by atoms with E-state index in [1.165, 1.54) is 0 Å². The van der Waals surface area contributed by atoms with Gasteiger partial charge in [-0.3, -0.25) is 0 Å². The summed E-state index contributed by atoms with van der Waals surface area (Å²) in [7, 11) is -0.310. The fraction of sp³-hybridized carbons (Fsp3) is 0.889. The van der Waals surface area contributed by atoms with Crippen LogP contribution < -0.4 is 0 Å². The molecule has 0 bridgehead atoms. The molecule has 0 aliphatic carbocycles. The fourth-order valence-electron chi connectivity index (χ4n) is 2.59. The van der Waals surface area contributed by atoms with Gasteiger partial charge in [-0.15, -0.1) is 6.58 Å². The van der Waals surface area contributed by atoms with Crippen LogP contribution in [0.25, 0.3) is 0 Å². The van der Waals surface area contributed by atoms with Gasteiger partial charge in [-0.2, -0.15) is 0 Å². The van der Waals surface area contributed by atoms with Crippen molar-refractivity contribution in [3.8, 4) is 0 Å². The fourth-order valence-corrected chi connectivity index (χ4v) is 3.61. The third-order valence-electron chi connectivity index (χ3n) is 5.02. The van der Waals surface area contributed by atoms with E-state index in [4.69, 9.17) is 18.6 Å². The molecule has 6 heteroatoms. The summed E-state index contributed by atoms with van der Waals surface area (Å²) in [6.45, 7) is 18.9. The van der Waals surface area contributed by atoms with E-state index in [1.807, 2.05) is 13.8 Å². The Bertz CT molecular complexity index is 416. The van der Waals surface area contributed by atoms with E-state index >= 15 is 0 Å². The predicted molar refractivity (Wildman–Crippen MR) is 98.6 cm³/mol. The standard InChI is InChI=1S/C18H36O5Si/c1-10-11-13(19)15(20-7)16-14(22-18(5,6)23-16)12-21-24(8,9)17(2,3)4/h10,13-16,19H,1,11-12H2,2-9H3/t13-,14-,15-,16-/m0/s1. The van der Waals surface area contributed by atoms with Gasteiger partial charge in [0.2, 0.25) is 0 Å². The van der Waals surface area contributed by atoms with Crippen LogP contribution in [0.15, 0.2) is 12.7 Å². The number of ether oxygens (including phenoxy) is 3. The minimum Gasteiger partial charge on any atom is -0.414 e. The van der Waals surface area contributed by atoms with Gasteiger partial charge in [-0.05, 0) is 38.4 Å². The van der Waals surface area contributed by atoms with Crippen LogP contribution in [0.3, 0.4) is 0 Å². The second-order valence-electron chi connectivity index (χ2n) is 8.50. The van der Waals surface area contributed by atoms with Gasteiger partial charge in [0.1, 0.15) is 18.3 Å². The zero-order chi connectivity index (χ0) is 18.8.